The van der Waals surface area contributed by atoms with Crippen LogP contribution >= 0.6 is 0 Å². The van der Waals surface area contributed by atoms with E-state index in [4.69, 9.17) is 4.98 Å². The van der Waals surface area contributed by atoms with Crippen LogP contribution in [0.15, 0.2) is 30.3 Å². The minimum Gasteiger partial charge on any atom is -0.345 e. The number of rotatable bonds is 5. The van der Waals surface area contributed by atoms with E-state index in [1.165, 1.54) is 0 Å². The van der Waals surface area contributed by atoms with Gasteiger partial charge >= 0.3 is 0 Å². The predicted molar refractivity (Wildman–Crippen MR) is 92.2 cm³/mol. The van der Waals surface area contributed by atoms with Crippen molar-refractivity contribution in [2.24, 2.45) is 5.92 Å². The molecule has 1 amide bonds. The van der Waals surface area contributed by atoms with Gasteiger partial charge in [0.25, 0.3) is 0 Å². The smallest absolute Gasteiger partial charge is 0.223 e. The number of hydrogen-bond acceptors (Lipinski definition) is 2. The Morgan fingerprint density at radius 3 is 2.70 bits per heavy atom. The lowest BCUT2D eigenvalue weighted by Gasteiger charge is -2.18. The first kappa shape index (κ1) is 15.8. The van der Waals surface area contributed by atoms with Gasteiger partial charge in [-0.1, -0.05) is 51.1 Å². The van der Waals surface area contributed by atoms with Crippen molar-refractivity contribution in [2.45, 2.75) is 39.5 Å². The molecule has 4 heteroatoms. The molecule has 1 aromatic heterocycles. The molecule has 122 valence electrons. The zero-order valence-corrected chi connectivity index (χ0v) is 14.2. The maximum absolute atomic E-state index is 12.2. The Hall–Kier alpha value is -2.10. The number of amides is 1. The SMILES string of the molecule is CCc1[nH]c(C2CC(=O)N(CC(C)C)C2)nc1-c1ccccc1. The van der Waals surface area contributed by atoms with Gasteiger partial charge < -0.3 is 9.88 Å². The van der Waals surface area contributed by atoms with Gasteiger partial charge in [-0.3, -0.25) is 4.79 Å². The van der Waals surface area contributed by atoms with Crippen LogP contribution in [-0.4, -0.2) is 33.9 Å². The molecule has 4 nitrogen and oxygen atoms in total. The van der Waals surface area contributed by atoms with Gasteiger partial charge in [-0.05, 0) is 12.3 Å². The third kappa shape index (κ3) is 3.31. The lowest BCUT2D eigenvalue weighted by molar-refractivity contribution is -0.128. The number of aromatic amines is 1. The van der Waals surface area contributed by atoms with Crippen LogP contribution in [0.4, 0.5) is 0 Å². The second-order valence-electron chi connectivity index (χ2n) is 6.76. The summed E-state index contributed by atoms with van der Waals surface area (Å²) in [4.78, 5) is 22.5. The molecule has 23 heavy (non-hydrogen) atoms. The van der Waals surface area contributed by atoms with E-state index in [0.717, 1.165) is 42.3 Å². The monoisotopic (exact) mass is 311 g/mol. The van der Waals surface area contributed by atoms with Gasteiger partial charge in [0.15, 0.2) is 0 Å². The van der Waals surface area contributed by atoms with Crippen molar-refractivity contribution in [1.82, 2.24) is 14.9 Å². The Labute approximate surface area is 137 Å². The maximum Gasteiger partial charge on any atom is 0.223 e. The molecule has 2 aromatic rings. The third-order valence-electron chi connectivity index (χ3n) is 4.38. The van der Waals surface area contributed by atoms with Crippen LogP contribution in [0, 0.1) is 5.92 Å². The van der Waals surface area contributed by atoms with Gasteiger partial charge in [0.05, 0.1) is 5.69 Å². The molecule has 3 rings (SSSR count). The van der Waals surface area contributed by atoms with Crippen LogP contribution in [0.1, 0.15) is 44.6 Å². The Bertz CT molecular complexity index is 675. The molecule has 0 bridgehead atoms. The summed E-state index contributed by atoms with van der Waals surface area (Å²) in [7, 11) is 0. The Morgan fingerprint density at radius 2 is 2.04 bits per heavy atom. The number of aryl methyl sites for hydroxylation is 1. The highest BCUT2D eigenvalue weighted by atomic mass is 16.2. The molecule has 1 N–H and O–H groups in total. The van der Waals surface area contributed by atoms with E-state index in [1.807, 2.05) is 23.1 Å². The molecule has 1 saturated heterocycles. The zero-order chi connectivity index (χ0) is 16.4. The van der Waals surface area contributed by atoms with E-state index >= 15 is 0 Å². The number of carbonyl (C=O) groups is 1. The number of carbonyl (C=O) groups excluding carboxylic acids is 1. The van der Waals surface area contributed by atoms with Crippen molar-refractivity contribution in [3.8, 4) is 11.3 Å². The minimum absolute atomic E-state index is 0.184. The highest BCUT2D eigenvalue weighted by Gasteiger charge is 2.33. The van der Waals surface area contributed by atoms with Crippen LogP contribution in [0.2, 0.25) is 0 Å². The zero-order valence-electron chi connectivity index (χ0n) is 14.2. The Morgan fingerprint density at radius 1 is 1.30 bits per heavy atom. The van der Waals surface area contributed by atoms with Crippen molar-refractivity contribution in [2.75, 3.05) is 13.1 Å². The number of nitrogens with zero attached hydrogens (tertiary/aromatic N) is 2. The average molecular weight is 311 g/mol. The van der Waals surface area contributed by atoms with E-state index in [-0.39, 0.29) is 11.8 Å². The first-order chi connectivity index (χ1) is 11.1. The number of hydrogen-bond donors (Lipinski definition) is 1. The summed E-state index contributed by atoms with van der Waals surface area (Å²) >= 11 is 0. The van der Waals surface area contributed by atoms with E-state index < -0.39 is 0 Å². The van der Waals surface area contributed by atoms with Crippen molar-refractivity contribution in [3.63, 3.8) is 0 Å². The van der Waals surface area contributed by atoms with Crippen LogP contribution < -0.4 is 0 Å². The highest BCUT2D eigenvalue weighted by Crippen LogP contribution is 2.30. The summed E-state index contributed by atoms with van der Waals surface area (Å²) in [6, 6.07) is 10.3. The summed E-state index contributed by atoms with van der Waals surface area (Å²) < 4.78 is 0. The molecule has 0 saturated carbocycles. The fourth-order valence-electron chi connectivity index (χ4n) is 3.29. The number of benzene rings is 1. The van der Waals surface area contributed by atoms with Gasteiger partial charge in [-0.25, -0.2) is 4.98 Å². The molecule has 1 atom stereocenters. The second-order valence-corrected chi connectivity index (χ2v) is 6.76. The number of likely N-dealkylation sites (tertiary alicyclic amines) is 1. The van der Waals surface area contributed by atoms with Gasteiger partial charge in [-0.2, -0.15) is 0 Å². The summed E-state index contributed by atoms with van der Waals surface area (Å²) in [6.07, 6.45) is 1.48. The van der Waals surface area contributed by atoms with Crippen molar-refractivity contribution in [1.29, 1.82) is 0 Å². The van der Waals surface area contributed by atoms with Gasteiger partial charge in [0.2, 0.25) is 5.91 Å². The molecule has 2 heterocycles. The van der Waals surface area contributed by atoms with Gasteiger partial charge in [0.1, 0.15) is 5.82 Å². The number of imidazole rings is 1. The summed E-state index contributed by atoms with van der Waals surface area (Å²) in [5.41, 5.74) is 3.31. The van der Waals surface area contributed by atoms with Crippen molar-refractivity contribution in [3.05, 3.63) is 41.9 Å². The molecule has 1 aromatic carbocycles. The van der Waals surface area contributed by atoms with E-state index in [1.54, 1.807) is 0 Å². The fraction of sp³-hybridized carbons (Fsp3) is 0.474. The molecule has 0 radical (unpaired) electrons. The number of aromatic nitrogens is 2. The molecular formula is C19H25N3O. The van der Waals surface area contributed by atoms with Crippen LogP contribution in [0.3, 0.4) is 0 Å². The molecule has 1 aliphatic rings. The minimum atomic E-state index is 0.184. The largest absolute Gasteiger partial charge is 0.345 e. The molecule has 1 fully saturated rings. The van der Waals surface area contributed by atoms with Gasteiger partial charge in [0, 0.05) is 36.7 Å². The average Bonchev–Trinajstić information content (AvgIpc) is 3.12. The first-order valence-corrected chi connectivity index (χ1v) is 8.50. The lowest BCUT2D eigenvalue weighted by Crippen LogP contribution is -2.29. The third-order valence-corrected chi connectivity index (χ3v) is 4.38. The van der Waals surface area contributed by atoms with Crippen molar-refractivity contribution >= 4 is 5.91 Å². The van der Waals surface area contributed by atoms with Crippen LogP contribution in [-0.2, 0) is 11.2 Å². The fourth-order valence-corrected chi connectivity index (χ4v) is 3.29. The number of nitrogens with one attached hydrogen (secondary N) is 1. The molecular weight excluding hydrogens is 286 g/mol. The second kappa shape index (κ2) is 6.57. The summed E-state index contributed by atoms with van der Waals surface area (Å²) in [6.45, 7) is 8.05. The summed E-state index contributed by atoms with van der Waals surface area (Å²) in [5, 5.41) is 0. The van der Waals surface area contributed by atoms with Crippen LogP contribution in [0.5, 0.6) is 0 Å². The molecule has 0 aliphatic carbocycles. The Balaban J connectivity index is 1.85. The molecule has 0 spiro atoms. The standard InChI is InChI=1S/C19H25N3O/c1-4-16-18(14-8-6-5-7-9-14)21-19(20-16)15-10-17(23)22(12-15)11-13(2)3/h5-9,13,15H,4,10-12H2,1-3H3,(H,20,21). The lowest BCUT2D eigenvalue weighted by atomic mass is 10.1. The first-order valence-electron chi connectivity index (χ1n) is 8.50. The van der Waals surface area contributed by atoms with E-state index in [2.05, 4.69) is 37.9 Å². The highest BCUT2D eigenvalue weighted by molar-refractivity contribution is 5.79. The summed E-state index contributed by atoms with van der Waals surface area (Å²) in [5.74, 6) is 1.89. The Kier molecular flexibility index (Phi) is 4.51. The molecule has 1 unspecified atom stereocenters. The predicted octanol–water partition coefficient (Wildman–Crippen LogP) is 3.61. The number of H-pyrrole nitrogens is 1. The van der Waals surface area contributed by atoms with E-state index in [0.29, 0.717) is 12.3 Å². The topological polar surface area (TPSA) is 49.0 Å². The van der Waals surface area contributed by atoms with E-state index in [9.17, 15) is 4.79 Å². The quantitative estimate of drug-likeness (QED) is 0.917. The maximum atomic E-state index is 12.2. The van der Waals surface area contributed by atoms with Gasteiger partial charge in [-0.15, -0.1) is 0 Å². The van der Waals surface area contributed by atoms with Crippen molar-refractivity contribution < 1.29 is 4.79 Å². The molecule has 1 aliphatic heterocycles. The van der Waals surface area contributed by atoms with Crippen LogP contribution in [0.25, 0.3) is 11.3 Å². The normalized spacial score (nSPS) is 18.2.